The zero-order valence-corrected chi connectivity index (χ0v) is 10.8. The second-order valence-corrected chi connectivity index (χ2v) is 4.90. The van der Waals surface area contributed by atoms with Crippen LogP contribution in [0.25, 0.3) is 0 Å². The maximum absolute atomic E-state index is 11.6. The van der Waals surface area contributed by atoms with Gasteiger partial charge in [-0.25, -0.2) is 0 Å². The molecular weight excluding hydrogens is 230 g/mol. The smallest absolute Gasteiger partial charge is 0.230 e. The van der Waals surface area contributed by atoms with Crippen LogP contribution in [0.2, 0.25) is 0 Å². The molecule has 0 bridgehead atoms. The lowest BCUT2D eigenvalue weighted by Gasteiger charge is -2.19. The Bertz CT molecular complexity index is 453. The Morgan fingerprint density at radius 3 is 3.00 bits per heavy atom. The van der Waals surface area contributed by atoms with Crippen LogP contribution in [0.15, 0.2) is 12.3 Å². The molecule has 1 aromatic rings. The van der Waals surface area contributed by atoms with Crippen LogP contribution in [0.5, 0.6) is 0 Å². The zero-order chi connectivity index (χ0) is 13.1. The van der Waals surface area contributed by atoms with Gasteiger partial charge in [-0.2, -0.15) is 5.10 Å². The molecule has 2 rings (SSSR count). The van der Waals surface area contributed by atoms with Crippen molar-refractivity contribution in [2.75, 3.05) is 0 Å². The molecule has 18 heavy (non-hydrogen) atoms. The predicted octanol–water partition coefficient (Wildman–Crippen LogP) is 1.45. The number of nitrogens with one attached hydrogen (secondary N) is 1. The molecule has 0 radical (unpaired) electrons. The third-order valence-corrected chi connectivity index (χ3v) is 3.51. The van der Waals surface area contributed by atoms with Crippen molar-refractivity contribution >= 4 is 11.8 Å². The minimum atomic E-state index is -0.165. The fourth-order valence-corrected chi connectivity index (χ4v) is 2.10. The van der Waals surface area contributed by atoms with E-state index in [9.17, 15) is 9.59 Å². The number of nitrogens with zero attached hydrogens (tertiary/aromatic N) is 2. The molecule has 5 heteroatoms. The third-order valence-electron chi connectivity index (χ3n) is 3.51. The molecule has 1 aromatic heterocycles. The molecule has 1 N–H and O–H groups in total. The highest BCUT2D eigenvalue weighted by atomic mass is 16.2. The van der Waals surface area contributed by atoms with E-state index in [1.165, 1.54) is 0 Å². The summed E-state index contributed by atoms with van der Waals surface area (Å²) >= 11 is 0. The highest BCUT2D eigenvalue weighted by molar-refractivity contribution is 5.98. The molecule has 1 fully saturated rings. The van der Waals surface area contributed by atoms with E-state index in [1.807, 2.05) is 16.9 Å². The molecule has 0 spiro atoms. The van der Waals surface area contributed by atoms with Gasteiger partial charge in [0, 0.05) is 31.0 Å². The normalized spacial score (nSPS) is 21.8. The van der Waals surface area contributed by atoms with E-state index in [-0.39, 0.29) is 17.7 Å². The number of carbonyl (C=O) groups is 2. The van der Waals surface area contributed by atoms with Gasteiger partial charge in [-0.15, -0.1) is 0 Å². The molecule has 2 amide bonds. The first-order valence-corrected chi connectivity index (χ1v) is 6.48. The number of imide groups is 1. The van der Waals surface area contributed by atoms with E-state index in [4.69, 9.17) is 0 Å². The second-order valence-electron chi connectivity index (χ2n) is 4.90. The number of carbonyl (C=O) groups excluding carboxylic acids is 2. The maximum Gasteiger partial charge on any atom is 0.230 e. The molecule has 98 valence electrons. The van der Waals surface area contributed by atoms with E-state index >= 15 is 0 Å². The van der Waals surface area contributed by atoms with E-state index in [1.54, 1.807) is 0 Å². The molecule has 1 aliphatic rings. The summed E-state index contributed by atoms with van der Waals surface area (Å²) in [5.74, 6) is -0.450. The van der Waals surface area contributed by atoms with Crippen LogP contribution < -0.4 is 5.32 Å². The highest BCUT2D eigenvalue weighted by Gasteiger charge is 2.27. The van der Waals surface area contributed by atoms with Gasteiger partial charge in [-0.1, -0.05) is 6.92 Å². The number of aromatic nitrogens is 2. The van der Waals surface area contributed by atoms with Gasteiger partial charge in [0.1, 0.15) is 0 Å². The Morgan fingerprint density at radius 2 is 2.33 bits per heavy atom. The Morgan fingerprint density at radius 1 is 1.56 bits per heavy atom. The van der Waals surface area contributed by atoms with Crippen LogP contribution in [-0.2, 0) is 16.0 Å². The number of amides is 2. The first kappa shape index (κ1) is 12.8. The molecule has 2 unspecified atom stereocenters. The molecule has 5 nitrogen and oxygen atoms in total. The quantitative estimate of drug-likeness (QED) is 0.821. The second kappa shape index (κ2) is 5.33. The predicted molar refractivity (Wildman–Crippen MR) is 66.8 cm³/mol. The summed E-state index contributed by atoms with van der Waals surface area (Å²) in [4.78, 5) is 22.7. The average Bonchev–Trinajstić information content (AvgIpc) is 2.80. The van der Waals surface area contributed by atoms with E-state index in [0.717, 1.165) is 12.1 Å². The van der Waals surface area contributed by atoms with E-state index < -0.39 is 0 Å². The standard InChI is InChI=1S/C13H19N3O2/c1-3-9(2)16-7-6-11(15-16)8-10-4-5-12(17)14-13(10)18/h6-7,9-10H,3-5,8H2,1-2H3,(H,14,17,18). The minimum absolute atomic E-state index is 0.122. The van der Waals surface area contributed by atoms with Crippen molar-refractivity contribution in [3.8, 4) is 0 Å². The zero-order valence-electron chi connectivity index (χ0n) is 10.8. The van der Waals surface area contributed by atoms with Crippen LogP contribution >= 0.6 is 0 Å². The number of piperidine rings is 1. The minimum Gasteiger partial charge on any atom is -0.296 e. The molecule has 0 saturated carbocycles. The fourth-order valence-electron chi connectivity index (χ4n) is 2.10. The molecule has 1 saturated heterocycles. The van der Waals surface area contributed by atoms with Gasteiger partial charge >= 0.3 is 0 Å². The lowest BCUT2D eigenvalue weighted by molar-refractivity contribution is -0.136. The summed E-state index contributed by atoms with van der Waals surface area (Å²) < 4.78 is 1.93. The largest absolute Gasteiger partial charge is 0.296 e. The van der Waals surface area contributed by atoms with Gasteiger partial charge < -0.3 is 0 Å². The Labute approximate surface area is 107 Å². The van der Waals surface area contributed by atoms with Crippen molar-refractivity contribution in [1.29, 1.82) is 0 Å². The monoisotopic (exact) mass is 249 g/mol. The van der Waals surface area contributed by atoms with E-state index in [0.29, 0.717) is 25.3 Å². The molecule has 1 aliphatic heterocycles. The van der Waals surface area contributed by atoms with Gasteiger partial charge in [0.25, 0.3) is 0 Å². The highest BCUT2D eigenvalue weighted by Crippen LogP contribution is 2.18. The van der Waals surface area contributed by atoms with Crippen LogP contribution in [-0.4, -0.2) is 21.6 Å². The molecule has 0 aliphatic carbocycles. The average molecular weight is 249 g/mol. The van der Waals surface area contributed by atoms with Crippen molar-refractivity contribution in [1.82, 2.24) is 15.1 Å². The number of hydrogen-bond acceptors (Lipinski definition) is 3. The topological polar surface area (TPSA) is 64.0 Å². The van der Waals surface area contributed by atoms with Crippen molar-refractivity contribution < 1.29 is 9.59 Å². The summed E-state index contributed by atoms with van der Waals surface area (Å²) in [6.45, 7) is 4.23. The third kappa shape index (κ3) is 2.78. The van der Waals surface area contributed by atoms with Crippen LogP contribution in [0.4, 0.5) is 0 Å². The van der Waals surface area contributed by atoms with Gasteiger partial charge in [0.05, 0.1) is 5.69 Å². The molecule has 2 heterocycles. The van der Waals surface area contributed by atoms with Crippen LogP contribution in [0.1, 0.15) is 44.8 Å². The maximum atomic E-state index is 11.6. The summed E-state index contributed by atoms with van der Waals surface area (Å²) in [5, 5.41) is 6.86. The van der Waals surface area contributed by atoms with Crippen molar-refractivity contribution in [3.63, 3.8) is 0 Å². The van der Waals surface area contributed by atoms with Crippen molar-refractivity contribution in [3.05, 3.63) is 18.0 Å². The first-order valence-electron chi connectivity index (χ1n) is 6.48. The number of hydrogen-bond donors (Lipinski definition) is 1. The summed E-state index contributed by atoms with van der Waals surface area (Å²) in [7, 11) is 0. The first-order chi connectivity index (χ1) is 8.60. The Hall–Kier alpha value is -1.65. The number of rotatable bonds is 4. The Kier molecular flexibility index (Phi) is 3.79. The van der Waals surface area contributed by atoms with Crippen LogP contribution in [0, 0.1) is 5.92 Å². The van der Waals surface area contributed by atoms with E-state index in [2.05, 4.69) is 24.3 Å². The van der Waals surface area contributed by atoms with Crippen molar-refractivity contribution in [2.24, 2.45) is 5.92 Å². The van der Waals surface area contributed by atoms with Gasteiger partial charge in [-0.3, -0.25) is 19.6 Å². The lowest BCUT2D eigenvalue weighted by atomic mass is 9.93. The lowest BCUT2D eigenvalue weighted by Crippen LogP contribution is -2.41. The van der Waals surface area contributed by atoms with Gasteiger partial charge in [0.2, 0.25) is 11.8 Å². The Balaban J connectivity index is 1.99. The summed E-state index contributed by atoms with van der Waals surface area (Å²) in [6, 6.07) is 2.33. The summed E-state index contributed by atoms with van der Waals surface area (Å²) in [5.41, 5.74) is 0.921. The van der Waals surface area contributed by atoms with Gasteiger partial charge in [-0.05, 0) is 25.8 Å². The molecular formula is C13H19N3O2. The molecule has 2 atom stereocenters. The fraction of sp³-hybridized carbons (Fsp3) is 0.615. The molecule has 0 aromatic carbocycles. The summed E-state index contributed by atoms with van der Waals surface area (Å²) in [6.07, 6.45) is 4.65. The van der Waals surface area contributed by atoms with Crippen LogP contribution in [0.3, 0.4) is 0 Å². The SMILES string of the molecule is CCC(C)n1ccc(CC2CCC(=O)NC2=O)n1. The van der Waals surface area contributed by atoms with Crippen molar-refractivity contribution in [2.45, 2.75) is 45.6 Å². The van der Waals surface area contributed by atoms with Gasteiger partial charge in [0.15, 0.2) is 0 Å².